The van der Waals surface area contributed by atoms with E-state index in [1.165, 1.54) is 18.2 Å². The van der Waals surface area contributed by atoms with Crippen molar-refractivity contribution < 1.29 is 9.18 Å². The number of benzene rings is 1. The fraction of sp³-hybridized carbons (Fsp3) is 0.421. The maximum atomic E-state index is 13.2. The molecule has 1 aromatic heterocycles. The topological polar surface area (TPSA) is 53.9 Å². The number of piperidine rings is 1. The summed E-state index contributed by atoms with van der Waals surface area (Å²) in [6.07, 6.45) is 4.87. The smallest absolute Gasteiger partial charge is 0.246 e. The summed E-state index contributed by atoms with van der Waals surface area (Å²) in [7, 11) is 0. The van der Waals surface area contributed by atoms with E-state index in [0.717, 1.165) is 18.7 Å². The molecule has 2 heterocycles. The zero-order valence-electron chi connectivity index (χ0n) is 15.0. The summed E-state index contributed by atoms with van der Waals surface area (Å²) in [6.45, 7) is 5.53. The van der Waals surface area contributed by atoms with Crippen LogP contribution in [0.2, 0.25) is 0 Å². The molecular formula is C19H23FN4OS. The Bertz CT molecular complexity index is 862. The molecule has 1 aliphatic rings. The Kier molecular flexibility index (Phi) is 5.66. The molecule has 1 saturated heterocycles. The van der Waals surface area contributed by atoms with Gasteiger partial charge in [0.2, 0.25) is 5.91 Å². The number of aromatic nitrogens is 3. The third kappa shape index (κ3) is 4.09. The second-order valence-corrected chi connectivity index (χ2v) is 7.23. The number of hydrogen-bond acceptors (Lipinski definition) is 3. The second-order valence-electron chi connectivity index (χ2n) is 6.84. The molecule has 5 nitrogen and oxygen atoms in total. The third-order valence-corrected chi connectivity index (χ3v) is 4.97. The van der Waals surface area contributed by atoms with E-state index in [1.807, 2.05) is 4.90 Å². The molecule has 0 saturated carbocycles. The lowest BCUT2D eigenvalue weighted by Gasteiger charge is -2.31. The van der Waals surface area contributed by atoms with E-state index >= 15 is 0 Å². The van der Waals surface area contributed by atoms with Crippen LogP contribution in [0.25, 0.3) is 6.08 Å². The van der Waals surface area contributed by atoms with Crippen molar-refractivity contribution in [2.45, 2.75) is 38.6 Å². The third-order valence-electron chi connectivity index (χ3n) is 4.69. The Morgan fingerprint density at radius 2 is 2.12 bits per heavy atom. The summed E-state index contributed by atoms with van der Waals surface area (Å²) >= 11 is 5.32. The first-order chi connectivity index (χ1) is 12.5. The number of aromatic amines is 1. The Balaban J connectivity index is 1.62. The van der Waals surface area contributed by atoms with Gasteiger partial charge in [0.1, 0.15) is 11.6 Å². The Morgan fingerprint density at radius 1 is 1.38 bits per heavy atom. The van der Waals surface area contributed by atoms with Crippen molar-refractivity contribution in [1.29, 1.82) is 0 Å². The predicted molar refractivity (Wildman–Crippen MR) is 102 cm³/mol. The quantitative estimate of drug-likeness (QED) is 0.648. The van der Waals surface area contributed by atoms with Gasteiger partial charge in [-0.25, -0.2) is 4.39 Å². The summed E-state index contributed by atoms with van der Waals surface area (Å²) in [5.74, 6) is 0.920. The highest BCUT2D eigenvalue weighted by molar-refractivity contribution is 7.71. The minimum absolute atomic E-state index is 0.0459. The number of carbonyl (C=O) groups is 1. The van der Waals surface area contributed by atoms with Gasteiger partial charge in [0.05, 0.1) is 0 Å². The van der Waals surface area contributed by atoms with Gasteiger partial charge in [-0.3, -0.25) is 9.89 Å². The SMILES string of the molecule is CC(C)n1c(C2CCN(C(=O)/C=C/c3cccc(F)c3)CC2)n[nH]c1=S. The second kappa shape index (κ2) is 7.95. The van der Waals surface area contributed by atoms with Gasteiger partial charge in [-0.05, 0) is 62.7 Å². The lowest BCUT2D eigenvalue weighted by Crippen LogP contribution is -2.37. The molecule has 2 aromatic rings. The molecule has 7 heteroatoms. The monoisotopic (exact) mass is 374 g/mol. The molecule has 1 aromatic carbocycles. The normalized spacial score (nSPS) is 15.9. The van der Waals surface area contributed by atoms with Crippen molar-refractivity contribution in [2.24, 2.45) is 0 Å². The van der Waals surface area contributed by atoms with Crippen LogP contribution >= 0.6 is 12.2 Å². The average molecular weight is 374 g/mol. The highest BCUT2D eigenvalue weighted by atomic mass is 32.1. The van der Waals surface area contributed by atoms with E-state index < -0.39 is 0 Å². The largest absolute Gasteiger partial charge is 0.339 e. The lowest BCUT2D eigenvalue weighted by molar-refractivity contribution is -0.127. The number of carbonyl (C=O) groups excluding carboxylic acids is 1. The zero-order chi connectivity index (χ0) is 18.7. The first kappa shape index (κ1) is 18.5. The Morgan fingerprint density at radius 3 is 2.77 bits per heavy atom. The fourth-order valence-electron chi connectivity index (χ4n) is 3.35. The van der Waals surface area contributed by atoms with Crippen LogP contribution in [0.15, 0.2) is 30.3 Å². The number of likely N-dealkylation sites (tertiary alicyclic amines) is 1. The molecular weight excluding hydrogens is 351 g/mol. The number of amides is 1. The van der Waals surface area contributed by atoms with Crippen LogP contribution in [0.3, 0.4) is 0 Å². The van der Waals surface area contributed by atoms with E-state index in [4.69, 9.17) is 12.2 Å². The van der Waals surface area contributed by atoms with E-state index in [9.17, 15) is 9.18 Å². The molecule has 0 radical (unpaired) electrons. The maximum Gasteiger partial charge on any atom is 0.246 e. The molecule has 1 aliphatic heterocycles. The first-order valence-corrected chi connectivity index (χ1v) is 9.26. The van der Waals surface area contributed by atoms with Crippen molar-refractivity contribution >= 4 is 24.2 Å². The summed E-state index contributed by atoms with van der Waals surface area (Å²) in [4.78, 5) is 14.2. The van der Waals surface area contributed by atoms with Crippen LogP contribution in [-0.2, 0) is 4.79 Å². The van der Waals surface area contributed by atoms with Crippen LogP contribution < -0.4 is 0 Å². The van der Waals surface area contributed by atoms with Gasteiger partial charge in [-0.1, -0.05) is 12.1 Å². The van der Waals surface area contributed by atoms with Crippen molar-refractivity contribution in [3.8, 4) is 0 Å². The number of nitrogens with one attached hydrogen (secondary N) is 1. The number of nitrogens with zero attached hydrogens (tertiary/aromatic N) is 3. The van der Waals surface area contributed by atoms with Crippen LogP contribution in [-0.4, -0.2) is 38.7 Å². The number of H-pyrrole nitrogens is 1. The first-order valence-electron chi connectivity index (χ1n) is 8.85. The molecule has 138 valence electrons. The van der Waals surface area contributed by atoms with Crippen molar-refractivity contribution in [3.63, 3.8) is 0 Å². The van der Waals surface area contributed by atoms with E-state index in [1.54, 1.807) is 18.2 Å². The van der Waals surface area contributed by atoms with Crippen LogP contribution in [0.4, 0.5) is 4.39 Å². The number of rotatable bonds is 4. The standard InChI is InChI=1S/C19H23FN4OS/c1-13(2)24-18(21-22-19(24)26)15-8-10-23(11-9-15)17(25)7-6-14-4-3-5-16(20)12-14/h3-7,12-13,15H,8-11H2,1-2H3,(H,22,26)/b7-6+. The molecule has 26 heavy (non-hydrogen) atoms. The van der Waals surface area contributed by atoms with Gasteiger partial charge in [-0.15, -0.1) is 0 Å². The minimum Gasteiger partial charge on any atom is -0.339 e. The highest BCUT2D eigenvalue weighted by Gasteiger charge is 2.26. The molecule has 3 rings (SSSR count). The Hall–Kier alpha value is -2.28. The van der Waals surface area contributed by atoms with E-state index in [2.05, 4.69) is 28.6 Å². The zero-order valence-corrected chi connectivity index (χ0v) is 15.8. The summed E-state index contributed by atoms with van der Waals surface area (Å²) in [5.41, 5.74) is 0.681. The summed E-state index contributed by atoms with van der Waals surface area (Å²) in [6, 6.07) is 6.45. The summed E-state index contributed by atoms with van der Waals surface area (Å²) < 4.78 is 15.9. The van der Waals surface area contributed by atoms with E-state index in [-0.39, 0.29) is 17.8 Å². The van der Waals surface area contributed by atoms with Gasteiger partial charge in [-0.2, -0.15) is 5.10 Å². The van der Waals surface area contributed by atoms with Crippen molar-refractivity contribution in [3.05, 3.63) is 52.3 Å². The van der Waals surface area contributed by atoms with Gasteiger partial charge >= 0.3 is 0 Å². The predicted octanol–water partition coefficient (Wildman–Crippen LogP) is 4.08. The lowest BCUT2D eigenvalue weighted by atomic mass is 9.95. The summed E-state index contributed by atoms with van der Waals surface area (Å²) in [5, 5.41) is 7.29. The average Bonchev–Trinajstić information content (AvgIpc) is 3.01. The molecule has 1 fully saturated rings. The highest BCUT2D eigenvalue weighted by Crippen LogP contribution is 2.28. The molecule has 0 unspecified atom stereocenters. The Labute approximate surface area is 157 Å². The van der Waals surface area contributed by atoms with E-state index in [0.29, 0.717) is 29.3 Å². The number of hydrogen-bond donors (Lipinski definition) is 1. The number of halogens is 1. The molecule has 0 aliphatic carbocycles. The molecule has 1 N–H and O–H groups in total. The maximum absolute atomic E-state index is 13.2. The van der Waals surface area contributed by atoms with Crippen molar-refractivity contribution in [2.75, 3.05) is 13.1 Å². The van der Waals surface area contributed by atoms with Gasteiger partial charge in [0.15, 0.2) is 4.77 Å². The molecule has 0 spiro atoms. The van der Waals surface area contributed by atoms with Crippen LogP contribution in [0, 0.1) is 10.6 Å². The fourth-order valence-corrected chi connectivity index (χ4v) is 3.70. The molecule has 0 atom stereocenters. The van der Waals surface area contributed by atoms with Crippen LogP contribution in [0.1, 0.15) is 50.0 Å². The van der Waals surface area contributed by atoms with Gasteiger partial charge in [0, 0.05) is 31.1 Å². The molecule has 1 amide bonds. The van der Waals surface area contributed by atoms with Gasteiger partial charge in [0.25, 0.3) is 0 Å². The van der Waals surface area contributed by atoms with Gasteiger partial charge < -0.3 is 9.47 Å². The van der Waals surface area contributed by atoms with Crippen molar-refractivity contribution in [1.82, 2.24) is 19.7 Å². The molecule has 0 bridgehead atoms. The van der Waals surface area contributed by atoms with Crippen LogP contribution in [0.5, 0.6) is 0 Å². The minimum atomic E-state index is -0.306.